The van der Waals surface area contributed by atoms with Gasteiger partial charge < -0.3 is 32.8 Å². The fourth-order valence-corrected chi connectivity index (χ4v) is 4.07. The lowest BCUT2D eigenvalue weighted by atomic mass is 9.95. The van der Waals surface area contributed by atoms with Gasteiger partial charge in [0, 0.05) is 17.2 Å². The second-order valence-electron chi connectivity index (χ2n) is 7.55. The van der Waals surface area contributed by atoms with Crippen molar-refractivity contribution in [3.8, 4) is 34.5 Å². The maximum atomic E-state index is 6.13. The standard InChI is InChI=1S/C27H26ClNO7/c1-30-21-9-15(10-22(31-2)26(21)34-5)18(14-25-29-19-8-7-17(28)13-20(19)36-25)16-11-23(32-3)27(35-6)24(12-16)33-4/h7-14H,1-6H3. The van der Waals surface area contributed by atoms with Crippen LogP contribution in [0.5, 0.6) is 34.5 Å². The van der Waals surface area contributed by atoms with Crippen molar-refractivity contribution < 1.29 is 32.8 Å². The van der Waals surface area contributed by atoms with Crippen molar-refractivity contribution in [2.75, 3.05) is 42.7 Å². The third kappa shape index (κ3) is 4.72. The molecule has 0 unspecified atom stereocenters. The average molecular weight is 512 g/mol. The van der Waals surface area contributed by atoms with Crippen molar-refractivity contribution in [3.05, 3.63) is 64.5 Å². The average Bonchev–Trinajstić information content (AvgIpc) is 3.31. The molecule has 9 heteroatoms. The number of hydrogen-bond acceptors (Lipinski definition) is 8. The van der Waals surface area contributed by atoms with Gasteiger partial charge in [-0.3, -0.25) is 0 Å². The molecule has 36 heavy (non-hydrogen) atoms. The Morgan fingerprint density at radius 3 is 1.58 bits per heavy atom. The second-order valence-corrected chi connectivity index (χ2v) is 7.99. The lowest BCUT2D eigenvalue weighted by Gasteiger charge is -2.18. The molecule has 0 aliphatic heterocycles. The largest absolute Gasteiger partial charge is 0.493 e. The van der Waals surface area contributed by atoms with Gasteiger partial charge in [-0.15, -0.1) is 0 Å². The lowest BCUT2D eigenvalue weighted by Crippen LogP contribution is -2.00. The van der Waals surface area contributed by atoms with Crippen molar-refractivity contribution in [1.29, 1.82) is 0 Å². The number of fused-ring (bicyclic) bond motifs is 1. The van der Waals surface area contributed by atoms with Crippen molar-refractivity contribution in [3.63, 3.8) is 0 Å². The summed E-state index contributed by atoms with van der Waals surface area (Å²) in [5, 5.41) is 0.559. The van der Waals surface area contributed by atoms with E-state index in [1.165, 1.54) is 0 Å². The number of nitrogens with zero attached hydrogens (tertiary/aromatic N) is 1. The third-order valence-corrected chi connectivity index (χ3v) is 5.82. The summed E-state index contributed by atoms with van der Waals surface area (Å²) in [6.07, 6.45) is 1.81. The number of ether oxygens (including phenoxy) is 6. The van der Waals surface area contributed by atoms with Gasteiger partial charge in [-0.05, 0) is 53.1 Å². The van der Waals surface area contributed by atoms with Gasteiger partial charge in [-0.1, -0.05) is 11.6 Å². The highest BCUT2D eigenvalue weighted by atomic mass is 35.5. The summed E-state index contributed by atoms with van der Waals surface area (Å²) in [7, 11) is 9.37. The molecule has 0 atom stereocenters. The van der Waals surface area contributed by atoms with Crippen LogP contribution in [0.4, 0.5) is 0 Å². The van der Waals surface area contributed by atoms with Crippen LogP contribution in [0, 0.1) is 0 Å². The first-order valence-corrected chi connectivity index (χ1v) is 11.2. The molecule has 0 aliphatic rings. The molecule has 8 nitrogen and oxygen atoms in total. The molecule has 0 saturated heterocycles. The molecule has 1 aromatic heterocycles. The minimum atomic E-state index is 0.379. The summed E-state index contributed by atoms with van der Waals surface area (Å²) in [4.78, 5) is 4.61. The Balaban J connectivity index is 2.01. The van der Waals surface area contributed by atoms with Crippen LogP contribution in [-0.4, -0.2) is 47.6 Å². The Bertz CT molecular complexity index is 1310. The molecule has 0 radical (unpaired) electrons. The van der Waals surface area contributed by atoms with Crippen molar-refractivity contribution in [2.45, 2.75) is 0 Å². The number of oxazole rings is 1. The molecule has 188 valence electrons. The zero-order valence-corrected chi connectivity index (χ0v) is 21.6. The maximum Gasteiger partial charge on any atom is 0.220 e. The highest BCUT2D eigenvalue weighted by Crippen LogP contribution is 2.45. The van der Waals surface area contributed by atoms with Gasteiger partial charge in [-0.2, -0.15) is 0 Å². The van der Waals surface area contributed by atoms with E-state index in [1.807, 2.05) is 30.3 Å². The van der Waals surface area contributed by atoms with E-state index in [-0.39, 0.29) is 0 Å². The zero-order chi connectivity index (χ0) is 25.8. The molecule has 0 saturated carbocycles. The Morgan fingerprint density at radius 2 is 1.17 bits per heavy atom. The number of halogens is 1. The molecule has 3 aromatic carbocycles. The van der Waals surface area contributed by atoms with E-state index in [4.69, 9.17) is 44.4 Å². The summed E-state index contributed by atoms with van der Waals surface area (Å²) < 4.78 is 39.3. The smallest absolute Gasteiger partial charge is 0.220 e. The van der Waals surface area contributed by atoms with Crippen molar-refractivity contribution >= 4 is 34.3 Å². The van der Waals surface area contributed by atoms with Crippen LogP contribution in [0.3, 0.4) is 0 Å². The Kier molecular flexibility index (Phi) is 7.45. The summed E-state index contributed by atoms with van der Waals surface area (Å²) >= 11 is 6.13. The molecule has 0 bridgehead atoms. The lowest BCUT2D eigenvalue weighted by molar-refractivity contribution is 0.324. The molecule has 0 amide bonds. The van der Waals surface area contributed by atoms with Gasteiger partial charge in [0.15, 0.2) is 28.6 Å². The molecule has 4 aromatic rings. The number of hydrogen-bond donors (Lipinski definition) is 0. The van der Waals surface area contributed by atoms with Gasteiger partial charge >= 0.3 is 0 Å². The number of benzene rings is 3. The predicted molar refractivity (Wildman–Crippen MR) is 138 cm³/mol. The van der Waals surface area contributed by atoms with Gasteiger partial charge in [0.1, 0.15) is 5.52 Å². The fourth-order valence-electron chi connectivity index (χ4n) is 3.91. The molecule has 0 N–H and O–H groups in total. The van der Waals surface area contributed by atoms with E-state index < -0.39 is 0 Å². The van der Waals surface area contributed by atoms with Crippen LogP contribution < -0.4 is 28.4 Å². The van der Waals surface area contributed by atoms with E-state index in [9.17, 15) is 0 Å². The maximum absolute atomic E-state index is 6.13. The number of rotatable bonds is 9. The second kappa shape index (κ2) is 10.7. The Hall–Kier alpha value is -4.04. The van der Waals surface area contributed by atoms with E-state index in [0.29, 0.717) is 56.5 Å². The van der Waals surface area contributed by atoms with E-state index >= 15 is 0 Å². The summed E-state index contributed by atoms with van der Waals surface area (Å²) in [6.45, 7) is 0. The van der Waals surface area contributed by atoms with E-state index in [0.717, 1.165) is 16.7 Å². The van der Waals surface area contributed by atoms with Gasteiger partial charge in [0.25, 0.3) is 0 Å². The van der Waals surface area contributed by atoms with E-state index in [2.05, 4.69) is 4.98 Å². The van der Waals surface area contributed by atoms with Crippen molar-refractivity contribution in [1.82, 2.24) is 4.98 Å². The minimum Gasteiger partial charge on any atom is -0.493 e. The Labute approximate surface area is 213 Å². The topological polar surface area (TPSA) is 81.4 Å². The predicted octanol–water partition coefficient (Wildman–Crippen LogP) is 6.12. The van der Waals surface area contributed by atoms with Crippen LogP contribution in [-0.2, 0) is 0 Å². The first kappa shape index (κ1) is 25.1. The summed E-state index contributed by atoms with van der Waals surface area (Å²) in [5.74, 6) is 3.31. The van der Waals surface area contributed by atoms with Gasteiger partial charge in [0.05, 0.1) is 42.7 Å². The Morgan fingerprint density at radius 1 is 0.694 bits per heavy atom. The zero-order valence-electron chi connectivity index (χ0n) is 20.8. The fraction of sp³-hybridized carbons (Fsp3) is 0.222. The minimum absolute atomic E-state index is 0.379. The van der Waals surface area contributed by atoms with E-state index in [1.54, 1.807) is 60.9 Å². The third-order valence-electron chi connectivity index (χ3n) is 5.59. The molecule has 4 rings (SSSR count). The summed E-state index contributed by atoms with van der Waals surface area (Å²) in [5.41, 5.74) is 3.48. The molecular weight excluding hydrogens is 486 g/mol. The van der Waals surface area contributed by atoms with Crippen LogP contribution in [0.1, 0.15) is 17.0 Å². The monoisotopic (exact) mass is 511 g/mol. The molecule has 1 heterocycles. The SMILES string of the molecule is COc1cc(C(=Cc2nc3ccc(Cl)cc3o2)c2cc(OC)c(OC)c(OC)c2)cc(OC)c1OC. The molecule has 0 aliphatic carbocycles. The quantitative estimate of drug-likeness (QED) is 0.266. The number of methoxy groups -OCH3 is 6. The van der Waals surface area contributed by atoms with Crippen LogP contribution in [0.2, 0.25) is 5.02 Å². The molecule has 0 fully saturated rings. The van der Waals surface area contributed by atoms with Crippen LogP contribution in [0.15, 0.2) is 46.9 Å². The van der Waals surface area contributed by atoms with Crippen molar-refractivity contribution in [2.24, 2.45) is 0 Å². The van der Waals surface area contributed by atoms with Crippen LogP contribution in [0.25, 0.3) is 22.7 Å². The van der Waals surface area contributed by atoms with Gasteiger partial charge in [0.2, 0.25) is 17.4 Å². The molecular formula is C27H26ClNO7. The highest BCUT2D eigenvalue weighted by Gasteiger charge is 2.21. The van der Waals surface area contributed by atoms with Crippen LogP contribution >= 0.6 is 11.6 Å². The first-order valence-electron chi connectivity index (χ1n) is 10.8. The highest BCUT2D eigenvalue weighted by molar-refractivity contribution is 6.31. The van der Waals surface area contributed by atoms with Gasteiger partial charge in [-0.25, -0.2) is 4.98 Å². The molecule has 0 spiro atoms. The summed E-state index contributed by atoms with van der Waals surface area (Å²) in [6, 6.07) is 12.7. The first-order chi connectivity index (χ1) is 17.5. The number of aromatic nitrogens is 1. The normalized spacial score (nSPS) is 10.6.